The molecule has 1 unspecified atom stereocenters. The molecule has 0 amide bonds. The second-order valence-electron chi connectivity index (χ2n) is 5.98. The molecule has 0 spiro atoms. The lowest BCUT2D eigenvalue weighted by Gasteiger charge is -2.20. The highest BCUT2D eigenvalue weighted by molar-refractivity contribution is 7.91. The van der Waals surface area contributed by atoms with Gasteiger partial charge in [0, 0.05) is 18.6 Å². The first-order chi connectivity index (χ1) is 7.79. The van der Waals surface area contributed by atoms with Crippen LogP contribution in [0.15, 0.2) is 0 Å². The topological polar surface area (TPSA) is 58.2 Å². The van der Waals surface area contributed by atoms with E-state index in [0.717, 1.165) is 32.5 Å². The van der Waals surface area contributed by atoms with Gasteiger partial charge in [0.25, 0.3) is 0 Å². The van der Waals surface area contributed by atoms with Crippen LogP contribution in [0.1, 0.15) is 33.6 Å². The highest BCUT2D eigenvalue weighted by Crippen LogP contribution is 2.20. The first-order valence-electron chi connectivity index (χ1n) is 6.45. The van der Waals surface area contributed by atoms with Crippen LogP contribution in [-0.4, -0.2) is 45.1 Å². The van der Waals surface area contributed by atoms with Gasteiger partial charge in [0.1, 0.15) is 0 Å². The fourth-order valence-corrected chi connectivity index (χ4v) is 3.97. The Kier molecular flexibility index (Phi) is 5.41. The number of hydrogen-bond acceptors (Lipinski definition) is 4. The maximum Gasteiger partial charge on any atom is 0.150 e. The van der Waals surface area contributed by atoms with Crippen LogP contribution in [0.3, 0.4) is 0 Å². The summed E-state index contributed by atoms with van der Waals surface area (Å²) in [5.74, 6) is 1.17. The lowest BCUT2D eigenvalue weighted by Crippen LogP contribution is -2.40. The first-order valence-corrected chi connectivity index (χ1v) is 8.27. The van der Waals surface area contributed by atoms with Crippen LogP contribution >= 0.6 is 0 Å². The van der Waals surface area contributed by atoms with Gasteiger partial charge >= 0.3 is 0 Å². The Morgan fingerprint density at radius 1 is 1.18 bits per heavy atom. The van der Waals surface area contributed by atoms with Gasteiger partial charge in [0.2, 0.25) is 0 Å². The Bertz CT molecular complexity index is 320. The summed E-state index contributed by atoms with van der Waals surface area (Å²) in [7, 11) is -2.70. The Balaban J connectivity index is 1.99. The van der Waals surface area contributed by atoms with Gasteiger partial charge in [-0.3, -0.25) is 0 Å². The fourth-order valence-electron chi connectivity index (χ4n) is 2.06. The van der Waals surface area contributed by atoms with Crippen molar-refractivity contribution in [2.75, 3.05) is 31.1 Å². The molecule has 1 saturated heterocycles. The summed E-state index contributed by atoms with van der Waals surface area (Å²) < 4.78 is 22.5. The van der Waals surface area contributed by atoms with Crippen LogP contribution in [-0.2, 0) is 9.84 Å². The molecule has 1 heterocycles. The third-order valence-corrected chi connectivity index (χ3v) is 4.85. The standard InChI is InChI=1S/C12H26N2O2S/c1-12(2,3)14-8-7-13-6-4-11-5-9-17(15,16)10-11/h11,13-14H,4-10H2,1-3H3. The predicted molar refractivity (Wildman–Crippen MR) is 72.0 cm³/mol. The van der Waals surface area contributed by atoms with Crippen molar-refractivity contribution in [3.8, 4) is 0 Å². The van der Waals surface area contributed by atoms with E-state index in [1.54, 1.807) is 0 Å². The van der Waals surface area contributed by atoms with Crippen LogP contribution in [0, 0.1) is 5.92 Å². The average molecular weight is 262 g/mol. The molecule has 0 aromatic carbocycles. The smallest absolute Gasteiger partial charge is 0.150 e. The van der Waals surface area contributed by atoms with E-state index < -0.39 is 9.84 Å². The second-order valence-corrected chi connectivity index (χ2v) is 8.21. The molecule has 1 fully saturated rings. The molecule has 0 radical (unpaired) electrons. The van der Waals surface area contributed by atoms with Crippen molar-refractivity contribution in [1.29, 1.82) is 0 Å². The van der Waals surface area contributed by atoms with E-state index in [9.17, 15) is 8.42 Å². The number of sulfone groups is 1. The van der Waals surface area contributed by atoms with Crippen molar-refractivity contribution in [2.24, 2.45) is 5.92 Å². The van der Waals surface area contributed by atoms with E-state index in [-0.39, 0.29) is 5.54 Å². The summed E-state index contributed by atoms with van der Waals surface area (Å²) >= 11 is 0. The van der Waals surface area contributed by atoms with Gasteiger partial charge in [0.15, 0.2) is 9.84 Å². The Hall–Kier alpha value is -0.130. The normalized spacial score (nSPS) is 24.1. The number of rotatable bonds is 6. The molecule has 0 aromatic rings. The lowest BCUT2D eigenvalue weighted by molar-refractivity contribution is 0.416. The molecule has 0 aromatic heterocycles. The molecule has 2 N–H and O–H groups in total. The largest absolute Gasteiger partial charge is 0.315 e. The molecule has 0 aliphatic carbocycles. The minimum absolute atomic E-state index is 0.168. The van der Waals surface area contributed by atoms with Crippen LogP contribution in [0.5, 0.6) is 0 Å². The van der Waals surface area contributed by atoms with Gasteiger partial charge in [-0.15, -0.1) is 0 Å². The summed E-state index contributed by atoms with van der Waals surface area (Å²) in [5.41, 5.74) is 0.168. The zero-order valence-electron chi connectivity index (χ0n) is 11.3. The zero-order valence-corrected chi connectivity index (χ0v) is 12.1. The third kappa shape index (κ3) is 7.01. The summed E-state index contributed by atoms with van der Waals surface area (Å²) in [6.45, 7) is 9.26. The SMILES string of the molecule is CC(C)(C)NCCNCCC1CCS(=O)(=O)C1. The fraction of sp³-hybridized carbons (Fsp3) is 1.00. The van der Waals surface area contributed by atoms with Crippen molar-refractivity contribution >= 4 is 9.84 Å². The van der Waals surface area contributed by atoms with Crippen LogP contribution < -0.4 is 10.6 Å². The quantitative estimate of drug-likeness (QED) is 0.695. The monoisotopic (exact) mass is 262 g/mol. The maximum atomic E-state index is 11.3. The van der Waals surface area contributed by atoms with E-state index in [0.29, 0.717) is 17.4 Å². The van der Waals surface area contributed by atoms with Crippen molar-refractivity contribution in [1.82, 2.24) is 10.6 Å². The minimum Gasteiger partial charge on any atom is -0.315 e. The van der Waals surface area contributed by atoms with E-state index in [2.05, 4.69) is 31.4 Å². The lowest BCUT2D eigenvalue weighted by atomic mass is 10.1. The summed E-state index contributed by atoms with van der Waals surface area (Å²) in [6.07, 6.45) is 1.83. The van der Waals surface area contributed by atoms with Gasteiger partial charge < -0.3 is 10.6 Å². The van der Waals surface area contributed by atoms with Crippen LogP contribution in [0.4, 0.5) is 0 Å². The van der Waals surface area contributed by atoms with E-state index in [1.165, 1.54) is 0 Å². The highest BCUT2D eigenvalue weighted by Gasteiger charge is 2.26. The number of hydrogen-bond donors (Lipinski definition) is 2. The maximum absolute atomic E-state index is 11.3. The van der Waals surface area contributed by atoms with Crippen molar-refractivity contribution in [2.45, 2.75) is 39.2 Å². The molecule has 0 saturated carbocycles. The average Bonchev–Trinajstić information content (AvgIpc) is 2.50. The molecule has 0 bridgehead atoms. The summed E-state index contributed by atoms with van der Waals surface area (Å²) in [6, 6.07) is 0. The van der Waals surface area contributed by atoms with E-state index >= 15 is 0 Å². The Labute approximate surface area is 105 Å². The van der Waals surface area contributed by atoms with E-state index in [4.69, 9.17) is 0 Å². The van der Waals surface area contributed by atoms with Gasteiger partial charge in [-0.1, -0.05) is 0 Å². The minimum atomic E-state index is -2.70. The second kappa shape index (κ2) is 6.16. The van der Waals surface area contributed by atoms with Crippen molar-refractivity contribution in [3.63, 3.8) is 0 Å². The molecular weight excluding hydrogens is 236 g/mol. The zero-order chi connectivity index (χ0) is 12.9. The molecule has 4 nitrogen and oxygen atoms in total. The van der Waals surface area contributed by atoms with E-state index in [1.807, 2.05) is 0 Å². The van der Waals surface area contributed by atoms with Crippen LogP contribution in [0.2, 0.25) is 0 Å². The molecule has 1 rings (SSSR count). The molecule has 1 aliphatic heterocycles. The molecule has 102 valence electrons. The Morgan fingerprint density at radius 2 is 1.88 bits per heavy atom. The van der Waals surface area contributed by atoms with Crippen LogP contribution in [0.25, 0.3) is 0 Å². The number of nitrogens with one attached hydrogen (secondary N) is 2. The highest BCUT2D eigenvalue weighted by atomic mass is 32.2. The van der Waals surface area contributed by atoms with Gasteiger partial charge in [-0.2, -0.15) is 0 Å². The van der Waals surface area contributed by atoms with Gasteiger partial charge in [0.05, 0.1) is 11.5 Å². The Morgan fingerprint density at radius 3 is 2.41 bits per heavy atom. The summed E-state index contributed by atoms with van der Waals surface area (Å²) in [5, 5.41) is 6.76. The van der Waals surface area contributed by atoms with Gasteiger partial charge in [-0.25, -0.2) is 8.42 Å². The summed E-state index contributed by atoms with van der Waals surface area (Å²) in [4.78, 5) is 0. The first kappa shape index (κ1) is 14.9. The van der Waals surface area contributed by atoms with Crippen molar-refractivity contribution < 1.29 is 8.42 Å². The predicted octanol–water partition coefficient (Wildman–Crippen LogP) is 0.789. The molecule has 5 heteroatoms. The molecule has 1 aliphatic rings. The molecule has 17 heavy (non-hydrogen) atoms. The molecular formula is C12H26N2O2S. The van der Waals surface area contributed by atoms with Crippen molar-refractivity contribution in [3.05, 3.63) is 0 Å². The third-order valence-electron chi connectivity index (χ3n) is 3.01. The van der Waals surface area contributed by atoms with Gasteiger partial charge in [-0.05, 0) is 46.1 Å². The molecule has 1 atom stereocenters.